The number of fused-ring (bicyclic) bond motifs is 1. The summed E-state index contributed by atoms with van der Waals surface area (Å²) in [5.41, 5.74) is 0.680. The van der Waals surface area contributed by atoms with E-state index >= 15 is 0 Å². The van der Waals surface area contributed by atoms with E-state index in [2.05, 4.69) is 5.32 Å². The summed E-state index contributed by atoms with van der Waals surface area (Å²) in [5.74, 6) is -2.09. The highest BCUT2D eigenvalue weighted by Gasteiger charge is 2.50. The molecule has 2 amide bonds. The van der Waals surface area contributed by atoms with Crippen LogP contribution < -0.4 is 5.32 Å². The third kappa shape index (κ3) is 1.72. The molecule has 1 aromatic rings. The quantitative estimate of drug-likeness (QED) is 0.775. The van der Waals surface area contributed by atoms with Crippen LogP contribution in [-0.2, 0) is 9.59 Å². The van der Waals surface area contributed by atoms with Crippen molar-refractivity contribution >= 4 is 11.8 Å². The van der Waals surface area contributed by atoms with Gasteiger partial charge in [0.1, 0.15) is 5.82 Å². The predicted molar refractivity (Wildman–Crippen MR) is 63.2 cm³/mol. The van der Waals surface area contributed by atoms with Gasteiger partial charge in [-0.25, -0.2) is 4.39 Å². The van der Waals surface area contributed by atoms with Gasteiger partial charge in [-0.1, -0.05) is 6.07 Å². The van der Waals surface area contributed by atoms with Crippen LogP contribution in [0.3, 0.4) is 0 Å². The van der Waals surface area contributed by atoms with Crippen LogP contribution >= 0.6 is 0 Å². The standard InChI is InChI=1S/C14H11FN2O2/c15-11-5-7(6-16)1-2-8(11)9-3-4-10-12(9)14(19)17-13(10)18/h1-2,5,9-10,12H,3-4H2,(H,17,18,19)/t9-,10?,12?/m1/s1. The molecule has 0 spiro atoms. The largest absolute Gasteiger partial charge is 0.296 e. The Morgan fingerprint density at radius 3 is 2.63 bits per heavy atom. The summed E-state index contributed by atoms with van der Waals surface area (Å²) < 4.78 is 14.0. The number of benzene rings is 1. The number of amides is 2. The van der Waals surface area contributed by atoms with Gasteiger partial charge >= 0.3 is 0 Å². The predicted octanol–water partition coefficient (Wildman–Crippen LogP) is 1.46. The van der Waals surface area contributed by atoms with Crippen molar-refractivity contribution in [3.05, 3.63) is 35.1 Å². The number of hydrogen-bond donors (Lipinski definition) is 1. The Bertz CT molecular complexity index is 620. The van der Waals surface area contributed by atoms with E-state index in [1.807, 2.05) is 6.07 Å². The first kappa shape index (κ1) is 11.8. The van der Waals surface area contributed by atoms with E-state index in [0.29, 0.717) is 18.4 Å². The van der Waals surface area contributed by atoms with E-state index in [9.17, 15) is 14.0 Å². The minimum absolute atomic E-state index is 0.244. The molecule has 19 heavy (non-hydrogen) atoms. The van der Waals surface area contributed by atoms with Crippen molar-refractivity contribution in [2.75, 3.05) is 0 Å². The van der Waals surface area contributed by atoms with Gasteiger partial charge in [0.05, 0.1) is 23.5 Å². The van der Waals surface area contributed by atoms with Crippen LogP contribution in [0, 0.1) is 29.0 Å². The Labute approximate surface area is 109 Å². The molecule has 1 aromatic carbocycles. The second-order valence-electron chi connectivity index (χ2n) is 5.02. The van der Waals surface area contributed by atoms with E-state index in [1.165, 1.54) is 6.07 Å². The fraction of sp³-hybridized carbons (Fsp3) is 0.357. The normalized spacial score (nSPS) is 28.9. The number of imide groups is 1. The average Bonchev–Trinajstić information content (AvgIpc) is 2.93. The van der Waals surface area contributed by atoms with Gasteiger partial charge in [0.25, 0.3) is 0 Å². The van der Waals surface area contributed by atoms with Crippen LogP contribution in [0.25, 0.3) is 0 Å². The Hall–Kier alpha value is -2.22. The summed E-state index contributed by atoms with van der Waals surface area (Å²) in [4.78, 5) is 23.3. The highest BCUT2D eigenvalue weighted by atomic mass is 19.1. The second-order valence-corrected chi connectivity index (χ2v) is 5.02. The molecule has 2 unspecified atom stereocenters. The smallest absolute Gasteiger partial charge is 0.231 e. The van der Waals surface area contributed by atoms with Gasteiger partial charge in [-0.3, -0.25) is 14.9 Å². The number of rotatable bonds is 1. The molecule has 5 heteroatoms. The summed E-state index contributed by atoms with van der Waals surface area (Å²) >= 11 is 0. The second kappa shape index (κ2) is 4.16. The molecule has 0 aromatic heterocycles. The summed E-state index contributed by atoms with van der Waals surface area (Å²) in [6.45, 7) is 0. The number of hydrogen-bond acceptors (Lipinski definition) is 3. The SMILES string of the molecule is N#Cc1ccc([C@H]2CCC3C(=O)NC(=O)C32)c(F)c1. The van der Waals surface area contributed by atoms with E-state index in [4.69, 9.17) is 5.26 Å². The molecule has 0 bridgehead atoms. The molecule has 2 fully saturated rings. The number of nitrogens with one attached hydrogen (secondary N) is 1. The van der Waals surface area contributed by atoms with Crippen molar-refractivity contribution in [2.24, 2.45) is 11.8 Å². The van der Waals surface area contributed by atoms with Gasteiger partial charge in [-0.15, -0.1) is 0 Å². The zero-order valence-electron chi connectivity index (χ0n) is 10.0. The minimum atomic E-state index is -0.475. The Kier molecular flexibility index (Phi) is 2.59. The lowest BCUT2D eigenvalue weighted by atomic mass is 9.85. The summed E-state index contributed by atoms with van der Waals surface area (Å²) in [6, 6.07) is 6.15. The van der Waals surface area contributed by atoms with Crippen molar-refractivity contribution in [3.63, 3.8) is 0 Å². The first-order chi connectivity index (χ1) is 9.11. The zero-order valence-corrected chi connectivity index (χ0v) is 10.0. The Morgan fingerprint density at radius 1 is 1.21 bits per heavy atom. The van der Waals surface area contributed by atoms with Gasteiger partial charge in [-0.2, -0.15) is 5.26 Å². The molecule has 3 rings (SSSR count). The molecule has 96 valence electrons. The Morgan fingerprint density at radius 2 is 1.95 bits per heavy atom. The lowest BCUT2D eigenvalue weighted by Crippen LogP contribution is -2.25. The molecule has 1 aliphatic carbocycles. The molecular formula is C14H11FN2O2. The lowest BCUT2D eigenvalue weighted by molar-refractivity contribution is -0.126. The third-order valence-corrected chi connectivity index (χ3v) is 4.07. The summed E-state index contributed by atoms with van der Waals surface area (Å²) in [6.07, 6.45) is 1.23. The number of halogens is 1. The monoisotopic (exact) mass is 258 g/mol. The van der Waals surface area contributed by atoms with Gasteiger partial charge < -0.3 is 0 Å². The summed E-state index contributed by atoms with van der Waals surface area (Å²) in [7, 11) is 0. The fourth-order valence-electron chi connectivity index (χ4n) is 3.20. The maximum absolute atomic E-state index is 14.0. The molecule has 1 saturated carbocycles. The molecule has 2 aliphatic rings. The molecule has 1 N–H and O–H groups in total. The van der Waals surface area contributed by atoms with Gasteiger partial charge in [0.15, 0.2) is 0 Å². The zero-order chi connectivity index (χ0) is 13.6. The van der Waals surface area contributed by atoms with E-state index in [1.54, 1.807) is 12.1 Å². The topological polar surface area (TPSA) is 70.0 Å². The van der Waals surface area contributed by atoms with E-state index < -0.39 is 11.7 Å². The molecule has 1 saturated heterocycles. The fourth-order valence-corrected chi connectivity index (χ4v) is 3.20. The maximum Gasteiger partial charge on any atom is 0.231 e. The number of carbonyl (C=O) groups excluding carboxylic acids is 2. The maximum atomic E-state index is 14.0. The molecule has 4 nitrogen and oxygen atoms in total. The molecule has 1 aliphatic heterocycles. The summed E-state index contributed by atoms with van der Waals surface area (Å²) in [5, 5.41) is 11.0. The van der Waals surface area contributed by atoms with Crippen molar-refractivity contribution in [2.45, 2.75) is 18.8 Å². The number of nitrogens with zero attached hydrogens (tertiary/aromatic N) is 1. The van der Waals surface area contributed by atoms with Crippen LogP contribution in [0.15, 0.2) is 18.2 Å². The van der Waals surface area contributed by atoms with Crippen molar-refractivity contribution in [3.8, 4) is 6.07 Å². The highest BCUT2D eigenvalue weighted by molar-refractivity contribution is 6.06. The highest BCUT2D eigenvalue weighted by Crippen LogP contribution is 2.46. The van der Waals surface area contributed by atoms with Gasteiger partial charge in [0.2, 0.25) is 11.8 Å². The van der Waals surface area contributed by atoms with Crippen LogP contribution in [0.1, 0.15) is 29.9 Å². The van der Waals surface area contributed by atoms with Crippen molar-refractivity contribution in [1.29, 1.82) is 5.26 Å². The van der Waals surface area contributed by atoms with E-state index in [-0.39, 0.29) is 29.2 Å². The first-order valence-corrected chi connectivity index (χ1v) is 6.16. The molecule has 0 radical (unpaired) electrons. The van der Waals surface area contributed by atoms with Crippen LogP contribution in [0.4, 0.5) is 4.39 Å². The first-order valence-electron chi connectivity index (χ1n) is 6.16. The van der Waals surface area contributed by atoms with Crippen LogP contribution in [0.2, 0.25) is 0 Å². The third-order valence-electron chi connectivity index (χ3n) is 4.07. The number of nitriles is 1. The molecular weight excluding hydrogens is 247 g/mol. The van der Waals surface area contributed by atoms with Crippen LogP contribution in [-0.4, -0.2) is 11.8 Å². The molecule has 1 heterocycles. The number of carbonyl (C=O) groups is 2. The van der Waals surface area contributed by atoms with Gasteiger partial charge in [0, 0.05) is 0 Å². The van der Waals surface area contributed by atoms with Crippen LogP contribution in [0.5, 0.6) is 0 Å². The average molecular weight is 258 g/mol. The van der Waals surface area contributed by atoms with E-state index in [0.717, 1.165) is 0 Å². The van der Waals surface area contributed by atoms with Crippen molar-refractivity contribution in [1.82, 2.24) is 5.32 Å². The van der Waals surface area contributed by atoms with Crippen molar-refractivity contribution < 1.29 is 14.0 Å². The molecule has 3 atom stereocenters. The van der Waals surface area contributed by atoms with Gasteiger partial charge in [-0.05, 0) is 36.5 Å². The lowest BCUT2D eigenvalue weighted by Gasteiger charge is -2.16. The minimum Gasteiger partial charge on any atom is -0.296 e. The Balaban J connectivity index is 1.98.